The van der Waals surface area contributed by atoms with Gasteiger partial charge in [0.05, 0.1) is 16.1 Å². The van der Waals surface area contributed by atoms with Gasteiger partial charge in [-0.2, -0.15) is 0 Å². The van der Waals surface area contributed by atoms with Gasteiger partial charge in [0.25, 0.3) is 0 Å². The van der Waals surface area contributed by atoms with Crippen molar-refractivity contribution in [1.29, 1.82) is 0 Å². The zero-order valence-corrected chi connectivity index (χ0v) is 16.9. The molecule has 6 heteroatoms. The van der Waals surface area contributed by atoms with Crippen molar-refractivity contribution < 1.29 is 13.2 Å². The molecule has 0 radical (unpaired) electrons. The van der Waals surface area contributed by atoms with Crippen molar-refractivity contribution in [2.45, 2.75) is 49.3 Å². The summed E-state index contributed by atoms with van der Waals surface area (Å²) in [6.07, 6.45) is 4.67. The molecule has 144 valence electrons. The number of benzene rings is 2. The first kappa shape index (κ1) is 19.9. The third-order valence-electron chi connectivity index (χ3n) is 5.37. The summed E-state index contributed by atoms with van der Waals surface area (Å²) in [7, 11) is -3.25. The van der Waals surface area contributed by atoms with Crippen molar-refractivity contribution in [1.82, 2.24) is 0 Å². The minimum absolute atomic E-state index is 0.0522. The molecule has 2 aromatic carbocycles. The Morgan fingerprint density at radius 2 is 1.74 bits per heavy atom. The van der Waals surface area contributed by atoms with Crippen LogP contribution < -0.4 is 5.32 Å². The fourth-order valence-electron chi connectivity index (χ4n) is 3.75. The fourth-order valence-corrected chi connectivity index (χ4v) is 4.83. The van der Waals surface area contributed by atoms with E-state index < -0.39 is 15.3 Å². The number of carbonyl (C=O) groups is 1. The summed E-state index contributed by atoms with van der Waals surface area (Å²) in [5.41, 5.74) is 0.941. The average Bonchev–Trinajstić information content (AvgIpc) is 2.69. The number of amides is 1. The molecule has 0 aromatic heterocycles. The number of carbonyl (C=O) groups excluding carboxylic acids is 1. The van der Waals surface area contributed by atoms with Crippen LogP contribution in [0.15, 0.2) is 53.4 Å². The topological polar surface area (TPSA) is 63.2 Å². The fraction of sp³-hybridized carbons (Fsp3) is 0.381. The van der Waals surface area contributed by atoms with Crippen LogP contribution in [0.4, 0.5) is 5.69 Å². The van der Waals surface area contributed by atoms with Gasteiger partial charge in [0, 0.05) is 10.7 Å². The number of sulfone groups is 1. The molecule has 1 N–H and O–H groups in total. The molecule has 2 aromatic rings. The highest BCUT2D eigenvalue weighted by molar-refractivity contribution is 7.91. The SMILES string of the molecule is CCS(=O)(=O)c1ccc(NC(=O)C2(c3cccc(Cl)c3)CCCCC2)cc1. The molecule has 1 amide bonds. The number of hydrogen-bond acceptors (Lipinski definition) is 3. The van der Waals surface area contributed by atoms with Gasteiger partial charge >= 0.3 is 0 Å². The van der Waals surface area contributed by atoms with Gasteiger partial charge in [-0.3, -0.25) is 4.79 Å². The van der Waals surface area contributed by atoms with Gasteiger partial charge in [0.15, 0.2) is 9.84 Å². The Morgan fingerprint density at radius 1 is 1.07 bits per heavy atom. The quantitative estimate of drug-likeness (QED) is 0.763. The maximum absolute atomic E-state index is 13.3. The van der Waals surface area contributed by atoms with E-state index in [1.807, 2.05) is 24.3 Å². The van der Waals surface area contributed by atoms with Crippen LogP contribution in [0.3, 0.4) is 0 Å². The molecule has 1 aliphatic carbocycles. The smallest absolute Gasteiger partial charge is 0.235 e. The van der Waals surface area contributed by atoms with Crippen molar-refractivity contribution in [3.8, 4) is 0 Å². The molecule has 0 heterocycles. The lowest BCUT2D eigenvalue weighted by Gasteiger charge is -2.36. The van der Waals surface area contributed by atoms with Gasteiger partial charge in [0.1, 0.15) is 0 Å². The second-order valence-electron chi connectivity index (χ2n) is 7.04. The van der Waals surface area contributed by atoms with Gasteiger partial charge < -0.3 is 5.32 Å². The molecular formula is C21H24ClNO3S. The molecule has 4 nitrogen and oxygen atoms in total. The standard InChI is InChI=1S/C21H24ClNO3S/c1-2-27(25,26)19-11-9-18(10-12-19)23-20(24)21(13-4-3-5-14-21)16-7-6-8-17(22)15-16/h6-12,15H,2-5,13-14H2,1H3,(H,23,24). The highest BCUT2D eigenvalue weighted by Crippen LogP contribution is 2.41. The predicted octanol–water partition coefficient (Wildman–Crippen LogP) is 4.97. The van der Waals surface area contributed by atoms with Crippen molar-refractivity contribution in [2.75, 3.05) is 11.1 Å². The number of anilines is 1. The van der Waals surface area contributed by atoms with Gasteiger partial charge in [-0.15, -0.1) is 0 Å². The summed E-state index contributed by atoms with van der Waals surface area (Å²) in [6, 6.07) is 13.9. The Kier molecular flexibility index (Phi) is 5.92. The molecule has 0 spiro atoms. The maximum Gasteiger partial charge on any atom is 0.235 e. The average molecular weight is 406 g/mol. The van der Waals surface area contributed by atoms with E-state index in [1.54, 1.807) is 31.2 Å². The molecule has 0 saturated heterocycles. The minimum atomic E-state index is -3.25. The largest absolute Gasteiger partial charge is 0.325 e. The van der Waals surface area contributed by atoms with Crippen LogP contribution in [0.2, 0.25) is 5.02 Å². The van der Waals surface area contributed by atoms with Crippen LogP contribution in [0.5, 0.6) is 0 Å². The normalized spacial score (nSPS) is 16.7. The zero-order chi connectivity index (χ0) is 19.5. The Labute approximate surface area is 165 Å². The summed E-state index contributed by atoms with van der Waals surface area (Å²) >= 11 is 6.18. The molecule has 3 rings (SSSR count). The number of rotatable bonds is 5. The first-order chi connectivity index (χ1) is 12.9. The van der Waals surface area contributed by atoms with E-state index in [9.17, 15) is 13.2 Å². The molecule has 1 saturated carbocycles. The van der Waals surface area contributed by atoms with Crippen molar-refractivity contribution in [2.24, 2.45) is 0 Å². The van der Waals surface area contributed by atoms with E-state index >= 15 is 0 Å². The van der Waals surface area contributed by atoms with E-state index in [0.29, 0.717) is 10.7 Å². The van der Waals surface area contributed by atoms with Crippen molar-refractivity contribution in [3.63, 3.8) is 0 Å². The zero-order valence-electron chi connectivity index (χ0n) is 15.4. The van der Waals surface area contributed by atoms with Crippen LogP contribution >= 0.6 is 11.6 Å². The van der Waals surface area contributed by atoms with Crippen LogP contribution in [0.25, 0.3) is 0 Å². The van der Waals surface area contributed by atoms with Gasteiger partial charge in [-0.25, -0.2) is 8.42 Å². The highest BCUT2D eigenvalue weighted by atomic mass is 35.5. The van der Waals surface area contributed by atoms with E-state index in [2.05, 4.69) is 5.32 Å². The van der Waals surface area contributed by atoms with Crippen LogP contribution in [-0.2, 0) is 20.0 Å². The van der Waals surface area contributed by atoms with Gasteiger partial charge in [-0.1, -0.05) is 49.9 Å². The third-order valence-corrected chi connectivity index (χ3v) is 7.36. The molecule has 0 unspecified atom stereocenters. The predicted molar refractivity (Wildman–Crippen MR) is 109 cm³/mol. The van der Waals surface area contributed by atoms with Crippen LogP contribution in [0.1, 0.15) is 44.6 Å². The Hall–Kier alpha value is -1.85. The second kappa shape index (κ2) is 8.03. The second-order valence-corrected chi connectivity index (χ2v) is 9.75. The maximum atomic E-state index is 13.3. The summed E-state index contributed by atoms with van der Waals surface area (Å²) < 4.78 is 23.9. The van der Waals surface area contributed by atoms with E-state index in [1.165, 1.54) is 0 Å². The molecule has 0 atom stereocenters. The monoisotopic (exact) mass is 405 g/mol. The summed E-state index contributed by atoms with van der Waals surface area (Å²) in [6.45, 7) is 1.61. The van der Waals surface area contributed by atoms with Crippen LogP contribution in [-0.4, -0.2) is 20.1 Å². The van der Waals surface area contributed by atoms with E-state index in [4.69, 9.17) is 11.6 Å². The van der Waals surface area contributed by atoms with Crippen molar-refractivity contribution in [3.05, 3.63) is 59.1 Å². The Bertz CT molecular complexity index is 917. The molecule has 0 bridgehead atoms. The van der Waals surface area contributed by atoms with Gasteiger partial charge in [-0.05, 0) is 54.8 Å². The molecule has 1 fully saturated rings. The Balaban J connectivity index is 1.87. The first-order valence-corrected chi connectivity index (χ1v) is 11.3. The lowest BCUT2D eigenvalue weighted by atomic mass is 9.68. The first-order valence-electron chi connectivity index (χ1n) is 9.28. The van der Waals surface area contributed by atoms with Gasteiger partial charge in [0.2, 0.25) is 5.91 Å². The minimum Gasteiger partial charge on any atom is -0.325 e. The number of nitrogens with one attached hydrogen (secondary N) is 1. The molecular weight excluding hydrogens is 382 g/mol. The van der Waals surface area contributed by atoms with Crippen molar-refractivity contribution >= 4 is 33.0 Å². The third kappa shape index (κ3) is 4.19. The van der Waals surface area contributed by atoms with E-state index in [0.717, 1.165) is 37.7 Å². The van der Waals surface area contributed by atoms with Crippen LogP contribution in [0, 0.1) is 0 Å². The molecule has 27 heavy (non-hydrogen) atoms. The molecule has 0 aliphatic heterocycles. The number of halogens is 1. The summed E-state index contributed by atoms with van der Waals surface area (Å²) in [5.74, 6) is -0.00750. The highest BCUT2D eigenvalue weighted by Gasteiger charge is 2.41. The van der Waals surface area contributed by atoms with E-state index in [-0.39, 0.29) is 16.6 Å². The summed E-state index contributed by atoms with van der Waals surface area (Å²) in [4.78, 5) is 13.5. The lowest BCUT2D eigenvalue weighted by molar-refractivity contribution is -0.122. The lowest BCUT2D eigenvalue weighted by Crippen LogP contribution is -2.42. The molecule has 1 aliphatic rings. The Morgan fingerprint density at radius 3 is 2.33 bits per heavy atom. The number of hydrogen-bond donors (Lipinski definition) is 1. The summed E-state index contributed by atoms with van der Waals surface area (Å²) in [5, 5.41) is 3.61.